The van der Waals surface area contributed by atoms with Crippen molar-refractivity contribution in [3.63, 3.8) is 0 Å². The van der Waals surface area contributed by atoms with Crippen LogP contribution in [0.5, 0.6) is 5.88 Å². The van der Waals surface area contributed by atoms with Gasteiger partial charge in [-0.05, 0) is 18.6 Å². The summed E-state index contributed by atoms with van der Waals surface area (Å²) in [5.74, 6) is -0.669. The first kappa shape index (κ1) is 15.3. The van der Waals surface area contributed by atoms with E-state index in [4.69, 9.17) is 9.84 Å². The molecule has 0 radical (unpaired) electrons. The molecule has 0 aliphatic heterocycles. The lowest BCUT2D eigenvalue weighted by Crippen LogP contribution is -2.12. The predicted octanol–water partition coefficient (Wildman–Crippen LogP) is 1.30. The first-order valence-corrected chi connectivity index (χ1v) is 7.99. The molecule has 8 nitrogen and oxygen atoms in total. The summed E-state index contributed by atoms with van der Waals surface area (Å²) < 4.78 is 33.0. The lowest BCUT2D eigenvalue weighted by molar-refractivity contribution is 0.0701. The second kappa shape index (κ2) is 5.37. The number of aromatic carboxylic acids is 1. The molecular weight excluding hydrogens is 318 g/mol. The number of nitrogens with one attached hydrogen (secondary N) is 1. The van der Waals surface area contributed by atoms with Crippen molar-refractivity contribution in [1.82, 2.24) is 9.78 Å². The lowest BCUT2D eigenvalue weighted by Gasteiger charge is -2.01. The van der Waals surface area contributed by atoms with Crippen LogP contribution in [0.3, 0.4) is 0 Å². The van der Waals surface area contributed by atoms with Crippen LogP contribution >= 0.6 is 11.3 Å². The Morgan fingerprint density at radius 2 is 2.14 bits per heavy atom. The fourth-order valence-electron chi connectivity index (χ4n) is 1.68. The molecule has 0 aromatic carbocycles. The van der Waals surface area contributed by atoms with Gasteiger partial charge in [0.25, 0.3) is 10.0 Å². The molecule has 2 aromatic rings. The Labute approximate surface area is 125 Å². The second-order valence-corrected chi connectivity index (χ2v) is 7.15. The highest BCUT2D eigenvalue weighted by Crippen LogP contribution is 2.28. The molecule has 2 heterocycles. The Balaban J connectivity index is 2.33. The average molecular weight is 331 g/mol. The number of anilines is 1. The maximum Gasteiger partial charge on any atom is 0.346 e. The molecule has 0 amide bonds. The van der Waals surface area contributed by atoms with Gasteiger partial charge in [-0.3, -0.25) is 4.72 Å². The molecule has 2 aromatic heterocycles. The van der Waals surface area contributed by atoms with Crippen molar-refractivity contribution in [3.8, 4) is 5.88 Å². The molecule has 2 N–H and O–H groups in total. The predicted molar refractivity (Wildman–Crippen MR) is 76.6 cm³/mol. The Bertz CT molecular complexity index is 791. The van der Waals surface area contributed by atoms with E-state index in [0.29, 0.717) is 22.8 Å². The molecule has 0 spiro atoms. The molecular formula is C11H13N3O5S2. The van der Waals surface area contributed by atoms with E-state index < -0.39 is 16.0 Å². The molecule has 0 aliphatic rings. The summed E-state index contributed by atoms with van der Waals surface area (Å²) in [5, 5.41) is 12.9. The van der Waals surface area contributed by atoms with Crippen molar-refractivity contribution in [2.24, 2.45) is 7.05 Å². The zero-order valence-corrected chi connectivity index (χ0v) is 13.1. The van der Waals surface area contributed by atoms with E-state index in [1.54, 1.807) is 14.0 Å². The second-order valence-electron chi connectivity index (χ2n) is 4.18. The third-order valence-electron chi connectivity index (χ3n) is 2.64. The summed E-state index contributed by atoms with van der Waals surface area (Å²) in [6, 6.07) is 2.74. The molecule has 10 heteroatoms. The SMILES string of the molecule is COc1cc(NS(=O)(=O)c2cc(C)c(C(=O)O)s2)nn1C. The van der Waals surface area contributed by atoms with Crippen LogP contribution < -0.4 is 9.46 Å². The maximum absolute atomic E-state index is 12.2. The molecule has 0 saturated heterocycles. The van der Waals surface area contributed by atoms with Crippen molar-refractivity contribution < 1.29 is 23.1 Å². The highest BCUT2D eigenvalue weighted by atomic mass is 32.2. The molecule has 0 aliphatic carbocycles. The first-order valence-electron chi connectivity index (χ1n) is 5.69. The summed E-state index contributed by atoms with van der Waals surface area (Å²) in [4.78, 5) is 11.0. The monoisotopic (exact) mass is 331 g/mol. The Morgan fingerprint density at radius 1 is 1.48 bits per heavy atom. The topological polar surface area (TPSA) is 111 Å². The number of nitrogens with zero attached hydrogens (tertiary/aromatic N) is 2. The van der Waals surface area contributed by atoms with Gasteiger partial charge in [0.2, 0.25) is 5.88 Å². The number of aryl methyl sites for hydroxylation is 2. The molecule has 21 heavy (non-hydrogen) atoms. The molecule has 0 bridgehead atoms. The van der Waals surface area contributed by atoms with Crippen molar-refractivity contribution in [3.05, 3.63) is 22.6 Å². The fraction of sp³-hybridized carbons (Fsp3) is 0.273. The third-order valence-corrected chi connectivity index (χ3v) is 5.69. The highest BCUT2D eigenvalue weighted by Gasteiger charge is 2.23. The quantitative estimate of drug-likeness (QED) is 0.854. The summed E-state index contributed by atoms with van der Waals surface area (Å²) >= 11 is 0.695. The number of ether oxygens (including phenoxy) is 1. The number of carboxylic acid groups (broad SMARTS) is 1. The number of carbonyl (C=O) groups is 1. The average Bonchev–Trinajstić information content (AvgIpc) is 2.92. The van der Waals surface area contributed by atoms with E-state index in [-0.39, 0.29) is 14.9 Å². The van der Waals surface area contributed by atoms with Gasteiger partial charge in [0.1, 0.15) is 9.09 Å². The van der Waals surface area contributed by atoms with Gasteiger partial charge in [0.15, 0.2) is 5.82 Å². The van der Waals surface area contributed by atoms with Gasteiger partial charge >= 0.3 is 5.97 Å². The van der Waals surface area contributed by atoms with Gasteiger partial charge in [-0.15, -0.1) is 11.3 Å². The van der Waals surface area contributed by atoms with Gasteiger partial charge < -0.3 is 9.84 Å². The van der Waals surface area contributed by atoms with Gasteiger partial charge in [0, 0.05) is 13.1 Å². The minimum atomic E-state index is -3.89. The highest BCUT2D eigenvalue weighted by molar-refractivity contribution is 7.94. The third kappa shape index (κ3) is 3.00. The van der Waals surface area contributed by atoms with Crippen LogP contribution in [0.25, 0.3) is 0 Å². The lowest BCUT2D eigenvalue weighted by atomic mass is 10.3. The van der Waals surface area contributed by atoms with Crippen LogP contribution in [-0.2, 0) is 17.1 Å². The van der Waals surface area contributed by atoms with Crippen LogP contribution in [0.15, 0.2) is 16.3 Å². The molecule has 0 saturated carbocycles. The van der Waals surface area contributed by atoms with E-state index in [9.17, 15) is 13.2 Å². The number of methoxy groups -OCH3 is 1. The maximum atomic E-state index is 12.2. The van der Waals surface area contributed by atoms with E-state index in [1.165, 1.54) is 23.9 Å². The molecule has 2 rings (SSSR count). The smallest absolute Gasteiger partial charge is 0.346 e. The van der Waals surface area contributed by atoms with E-state index in [0.717, 1.165) is 0 Å². The van der Waals surface area contributed by atoms with Crippen molar-refractivity contribution in [2.45, 2.75) is 11.1 Å². The van der Waals surface area contributed by atoms with Gasteiger partial charge in [0.05, 0.1) is 7.11 Å². The van der Waals surface area contributed by atoms with Gasteiger partial charge in [-0.1, -0.05) is 0 Å². The number of hydrogen-bond acceptors (Lipinski definition) is 6. The van der Waals surface area contributed by atoms with Crippen molar-refractivity contribution >= 4 is 33.1 Å². The van der Waals surface area contributed by atoms with E-state index >= 15 is 0 Å². The normalized spacial score (nSPS) is 11.4. The van der Waals surface area contributed by atoms with Crippen LogP contribution in [0.1, 0.15) is 15.2 Å². The summed E-state index contributed by atoms with van der Waals surface area (Å²) in [7, 11) is -0.839. The number of aromatic nitrogens is 2. The minimum absolute atomic E-state index is 0.00558. The van der Waals surface area contributed by atoms with E-state index in [1.807, 2.05) is 0 Å². The Hall–Kier alpha value is -2.07. The standard InChI is InChI=1S/C11H13N3O5S2/c1-6-4-9(20-10(6)11(15)16)21(17,18)13-7-5-8(19-3)14(2)12-7/h4-5H,1-3H3,(H,12,13)(H,15,16). The summed E-state index contributed by atoms with van der Waals surface area (Å²) in [5.41, 5.74) is 0.395. The summed E-state index contributed by atoms with van der Waals surface area (Å²) in [6.45, 7) is 1.54. The largest absolute Gasteiger partial charge is 0.481 e. The number of rotatable bonds is 5. The zero-order chi connectivity index (χ0) is 15.8. The first-order chi connectivity index (χ1) is 9.74. The van der Waals surface area contributed by atoms with Gasteiger partial charge in [-0.2, -0.15) is 5.10 Å². The number of sulfonamides is 1. The number of carboxylic acids is 1. The fourth-order valence-corrected chi connectivity index (χ4v) is 4.04. The van der Waals surface area contributed by atoms with Gasteiger partial charge in [-0.25, -0.2) is 17.9 Å². The molecule has 114 valence electrons. The number of thiophene rings is 1. The number of hydrogen-bond donors (Lipinski definition) is 2. The van der Waals surface area contributed by atoms with Crippen LogP contribution in [0.2, 0.25) is 0 Å². The van der Waals surface area contributed by atoms with E-state index in [2.05, 4.69) is 9.82 Å². The minimum Gasteiger partial charge on any atom is -0.481 e. The Kier molecular flexibility index (Phi) is 3.92. The van der Waals surface area contributed by atoms with Crippen molar-refractivity contribution in [2.75, 3.05) is 11.8 Å². The Morgan fingerprint density at radius 3 is 2.62 bits per heavy atom. The van der Waals surface area contributed by atoms with Crippen LogP contribution in [-0.4, -0.2) is 36.4 Å². The molecule has 0 atom stereocenters. The zero-order valence-electron chi connectivity index (χ0n) is 11.4. The summed E-state index contributed by atoms with van der Waals surface area (Å²) in [6.07, 6.45) is 0. The van der Waals surface area contributed by atoms with Crippen LogP contribution in [0.4, 0.5) is 5.82 Å². The van der Waals surface area contributed by atoms with Crippen molar-refractivity contribution in [1.29, 1.82) is 0 Å². The van der Waals surface area contributed by atoms with Crippen LogP contribution in [0, 0.1) is 6.92 Å². The molecule has 0 unspecified atom stereocenters. The molecule has 0 fully saturated rings.